The van der Waals surface area contributed by atoms with Gasteiger partial charge in [0.25, 0.3) is 0 Å². The fourth-order valence-electron chi connectivity index (χ4n) is 1.40. The van der Waals surface area contributed by atoms with Crippen LogP contribution in [0.15, 0.2) is 18.5 Å². The number of ether oxygens (including phenoxy) is 1. The van der Waals surface area contributed by atoms with Crippen molar-refractivity contribution in [2.75, 3.05) is 13.2 Å². The third-order valence-electron chi connectivity index (χ3n) is 2.03. The maximum atomic E-state index is 5.26. The molecule has 1 aliphatic heterocycles. The van der Waals surface area contributed by atoms with E-state index in [4.69, 9.17) is 4.74 Å². The summed E-state index contributed by atoms with van der Waals surface area (Å²) in [5.74, 6) is 0.676. The topological polar surface area (TPSA) is 27.1 Å². The Hall–Kier alpha value is -0.830. The lowest BCUT2D eigenvalue weighted by molar-refractivity contribution is 0.181. The Morgan fingerprint density at radius 2 is 2.64 bits per heavy atom. The Balaban J connectivity index is 1.90. The molecule has 1 aliphatic rings. The molecule has 1 atom stereocenters. The van der Waals surface area contributed by atoms with Crippen molar-refractivity contribution >= 4 is 0 Å². The highest BCUT2D eigenvalue weighted by atomic mass is 16.5. The highest BCUT2D eigenvalue weighted by Crippen LogP contribution is 2.13. The molecule has 11 heavy (non-hydrogen) atoms. The Morgan fingerprint density at radius 1 is 1.64 bits per heavy atom. The summed E-state index contributed by atoms with van der Waals surface area (Å²) in [4.78, 5) is 0. The van der Waals surface area contributed by atoms with Crippen LogP contribution in [0.2, 0.25) is 0 Å². The number of hydrogen-bond acceptors (Lipinski definition) is 2. The average Bonchev–Trinajstić information content (AvgIpc) is 2.60. The molecule has 60 valence electrons. The van der Waals surface area contributed by atoms with Crippen molar-refractivity contribution in [2.45, 2.75) is 13.0 Å². The van der Waals surface area contributed by atoms with Crippen LogP contribution in [0.3, 0.4) is 0 Å². The third kappa shape index (κ3) is 1.60. The van der Waals surface area contributed by atoms with E-state index in [1.807, 2.05) is 23.1 Å². The molecule has 3 heteroatoms. The summed E-state index contributed by atoms with van der Waals surface area (Å²) in [7, 11) is 0. The quantitative estimate of drug-likeness (QED) is 0.630. The maximum absolute atomic E-state index is 5.26. The van der Waals surface area contributed by atoms with E-state index in [9.17, 15) is 0 Å². The van der Waals surface area contributed by atoms with Crippen LogP contribution in [0.5, 0.6) is 0 Å². The molecule has 0 aromatic carbocycles. The molecule has 0 amide bonds. The van der Waals surface area contributed by atoms with E-state index in [1.165, 1.54) is 6.42 Å². The van der Waals surface area contributed by atoms with Gasteiger partial charge in [-0.1, -0.05) is 0 Å². The molecule has 0 aliphatic carbocycles. The maximum Gasteiger partial charge on any atom is 0.0512 e. The Kier molecular flexibility index (Phi) is 1.90. The van der Waals surface area contributed by atoms with Gasteiger partial charge in [-0.25, -0.2) is 0 Å². The summed E-state index contributed by atoms with van der Waals surface area (Å²) in [5.41, 5.74) is 0. The van der Waals surface area contributed by atoms with E-state index in [2.05, 4.69) is 5.10 Å². The van der Waals surface area contributed by atoms with Gasteiger partial charge in [-0.05, 0) is 12.5 Å². The van der Waals surface area contributed by atoms with Gasteiger partial charge in [0.05, 0.1) is 6.61 Å². The monoisotopic (exact) mass is 152 g/mol. The van der Waals surface area contributed by atoms with Crippen LogP contribution < -0.4 is 0 Å². The first-order valence-corrected chi connectivity index (χ1v) is 4.00. The van der Waals surface area contributed by atoms with Gasteiger partial charge in [-0.2, -0.15) is 5.10 Å². The second kappa shape index (κ2) is 3.05. The van der Waals surface area contributed by atoms with Crippen LogP contribution in [-0.4, -0.2) is 23.0 Å². The number of aromatic nitrogens is 2. The van der Waals surface area contributed by atoms with Crippen molar-refractivity contribution in [3.63, 3.8) is 0 Å². The number of hydrogen-bond donors (Lipinski definition) is 0. The summed E-state index contributed by atoms with van der Waals surface area (Å²) in [6.07, 6.45) is 4.99. The van der Waals surface area contributed by atoms with Crippen LogP contribution in [-0.2, 0) is 11.3 Å². The fourth-order valence-corrected chi connectivity index (χ4v) is 1.40. The Morgan fingerprint density at radius 3 is 3.27 bits per heavy atom. The zero-order valence-corrected chi connectivity index (χ0v) is 6.44. The van der Waals surface area contributed by atoms with Gasteiger partial charge in [-0.3, -0.25) is 4.68 Å². The summed E-state index contributed by atoms with van der Waals surface area (Å²) in [6.45, 7) is 2.83. The zero-order chi connectivity index (χ0) is 7.52. The van der Waals surface area contributed by atoms with Crippen LogP contribution >= 0.6 is 0 Å². The lowest BCUT2D eigenvalue weighted by Crippen LogP contribution is -2.10. The van der Waals surface area contributed by atoms with E-state index < -0.39 is 0 Å². The molecular weight excluding hydrogens is 140 g/mol. The third-order valence-corrected chi connectivity index (χ3v) is 2.03. The number of nitrogens with zero attached hydrogens (tertiary/aromatic N) is 2. The van der Waals surface area contributed by atoms with E-state index in [0.717, 1.165) is 19.8 Å². The lowest BCUT2D eigenvalue weighted by Gasteiger charge is -2.05. The minimum absolute atomic E-state index is 0.676. The van der Waals surface area contributed by atoms with Gasteiger partial charge in [0.15, 0.2) is 0 Å². The minimum Gasteiger partial charge on any atom is -0.381 e. The highest BCUT2D eigenvalue weighted by Gasteiger charge is 2.15. The van der Waals surface area contributed by atoms with E-state index in [0.29, 0.717) is 5.92 Å². The van der Waals surface area contributed by atoms with Gasteiger partial charge < -0.3 is 4.74 Å². The molecular formula is C8H12N2O. The zero-order valence-electron chi connectivity index (χ0n) is 6.44. The summed E-state index contributed by atoms with van der Waals surface area (Å²) in [6, 6.07) is 1.95. The molecule has 1 aromatic rings. The molecule has 0 unspecified atom stereocenters. The smallest absolute Gasteiger partial charge is 0.0512 e. The van der Waals surface area contributed by atoms with Crippen LogP contribution in [0.25, 0.3) is 0 Å². The van der Waals surface area contributed by atoms with Gasteiger partial charge in [0.1, 0.15) is 0 Å². The summed E-state index contributed by atoms with van der Waals surface area (Å²) < 4.78 is 7.24. The lowest BCUT2D eigenvalue weighted by atomic mass is 10.1. The molecule has 2 heterocycles. The SMILES string of the molecule is c1cnn(C[C@H]2CCOC2)c1. The highest BCUT2D eigenvalue weighted by molar-refractivity contribution is 4.79. The largest absolute Gasteiger partial charge is 0.381 e. The van der Waals surface area contributed by atoms with Crippen molar-refractivity contribution < 1.29 is 4.74 Å². The predicted molar refractivity (Wildman–Crippen MR) is 41.2 cm³/mol. The molecule has 0 radical (unpaired) electrons. The second-order valence-electron chi connectivity index (χ2n) is 2.96. The van der Waals surface area contributed by atoms with Crippen molar-refractivity contribution in [3.8, 4) is 0 Å². The first-order valence-electron chi connectivity index (χ1n) is 4.00. The molecule has 1 fully saturated rings. The average molecular weight is 152 g/mol. The molecule has 0 bridgehead atoms. The van der Waals surface area contributed by atoms with Crippen molar-refractivity contribution in [2.24, 2.45) is 5.92 Å². The second-order valence-corrected chi connectivity index (χ2v) is 2.96. The first-order chi connectivity index (χ1) is 5.45. The summed E-state index contributed by atoms with van der Waals surface area (Å²) >= 11 is 0. The molecule has 0 N–H and O–H groups in total. The molecule has 3 nitrogen and oxygen atoms in total. The van der Waals surface area contributed by atoms with Crippen LogP contribution in [0.1, 0.15) is 6.42 Å². The summed E-state index contributed by atoms with van der Waals surface area (Å²) in [5, 5.41) is 4.14. The Bertz CT molecular complexity index is 202. The van der Waals surface area contributed by atoms with E-state index in [-0.39, 0.29) is 0 Å². The van der Waals surface area contributed by atoms with Gasteiger partial charge >= 0.3 is 0 Å². The van der Waals surface area contributed by atoms with Gasteiger partial charge in [0.2, 0.25) is 0 Å². The fraction of sp³-hybridized carbons (Fsp3) is 0.625. The molecule has 1 aromatic heterocycles. The number of rotatable bonds is 2. The van der Waals surface area contributed by atoms with Gasteiger partial charge in [-0.15, -0.1) is 0 Å². The van der Waals surface area contributed by atoms with Crippen molar-refractivity contribution in [3.05, 3.63) is 18.5 Å². The van der Waals surface area contributed by atoms with Crippen LogP contribution in [0.4, 0.5) is 0 Å². The van der Waals surface area contributed by atoms with E-state index in [1.54, 1.807) is 0 Å². The van der Waals surface area contributed by atoms with Crippen molar-refractivity contribution in [1.82, 2.24) is 9.78 Å². The van der Waals surface area contributed by atoms with Crippen LogP contribution in [0, 0.1) is 5.92 Å². The minimum atomic E-state index is 0.676. The predicted octanol–water partition coefficient (Wildman–Crippen LogP) is 0.920. The normalized spacial score (nSPS) is 24.2. The van der Waals surface area contributed by atoms with E-state index >= 15 is 0 Å². The van der Waals surface area contributed by atoms with Crippen molar-refractivity contribution in [1.29, 1.82) is 0 Å². The first kappa shape index (κ1) is 6.85. The molecule has 2 rings (SSSR count). The standard InChI is InChI=1S/C8H12N2O/c1-3-9-10(4-1)6-8-2-5-11-7-8/h1,3-4,8H,2,5-7H2/t8-/m1/s1. The molecule has 0 spiro atoms. The van der Waals surface area contributed by atoms with Gasteiger partial charge in [0, 0.05) is 31.5 Å². The Labute approximate surface area is 66.0 Å². The molecule has 1 saturated heterocycles. The molecule has 0 saturated carbocycles.